The molecule has 0 radical (unpaired) electrons. The maximum absolute atomic E-state index is 15.0. The molecule has 0 spiro atoms. The molecular formula is C27H29F2N3O3. The van der Waals surface area contributed by atoms with Gasteiger partial charge in [-0.3, -0.25) is 4.79 Å². The molecule has 2 aromatic carbocycles. The molecule has 0 N–H and O–H groups in total. The minimum atomic E-state index is -0.310. The zero-order valence-corrected chi connectivity index (χ0v) is 19.7. The van der Waals surface area contributed by atoms with Crippen molar-refractivity contribution in [3.63, 3.8) is 0 Å². The maximum atomic E-state index is 15.0. The van der Waals surface area contributed by atoms with Crippen molar-refractivity contribution >= 4 is 22.6 Å². The number of anilines is 1. The lowest BCUT2D eigenvalue weighted by Gasteiger charge is -2.31. The first-order valence-corrected chi connectivity index (χ1v) is 12.6. The van der Waals surface area contributed by atoms with E-state index in [1.165, 1.54) is 12.1 Å². The number of carbonyl (C=O) groups excluding carboxylic acids is 1. The van der Waals surface area contributed by atoms with E-state index in [1.54, 1.807) is 17.0 Å². The van der Waals surface area contributed by atoms with E-state index in [1.807, 2.05) is 0 Å². The number of rotatable bonds is 7. The molecule has 35 heavy (non-hydrogen) atoms. The summed E-state index contributed by atoms with van der Waals surface area (Å²) in [5.41, 5.74) is 3.91. The molecule has 6 rings (SSSR count). The highest BCUT2D eigenvalue weighted by Crippen LogP contribution is 2.41. The number of carbonyl (C=O) groups is 1. The van der Waals surface area contributed by atoms with E-state index in [-0.39, 0.29) is 17.5 Å². The number of benzene rings is 2. The molecule has 1 saturated heterocycles. The minimum absolute atomic E-state index is 0.0955. The van der Waals surface area contributed by atoms with Crippen LogP contribution in [0, 0.1) is 11.6 Å². The Morgan fingerprint density at radius 3 is 2.77 bits per heavy atom. The van der Waals surface area contributed by atoms with Gasteiger partial charge in [-0.1, -0.05) is 5.16 Å². The van der Waals surface area contributed by atoms with Crippen LogP contribution in [-0.2, 0) is 17.6 Å². The van der Waals surface area contributed by atoms with E-state index in [0.717, 1.165) is 74.1 Å². The van der Waals surface area contributed by atoms with Crippen LogP contribution in [0.5, 0.6) is 5.75 Å². The summed E-state index contributed by atoms with van der Waals surface area (Å²) in [7, 11) is 0. The molecule has 0 bridgehead atoms. The summed E-state index contributed by atoms with van der Waals surface area (Å²) in [6.45, 7) is 4.08. The standard InChI is InChI=1S/C27H29F2N3O3/c28-19-3-4-20-22(16-19)35-30-26(20)17-7-11-31(12-8-17)10-1-2-14-34-23-15-18-9-13-32-24(33)6-5-21(25(23)29)27(18)32/h3-4,15-17H,1-2,5-14H2. The van der Waals surface area contributed by atoms with E-state index < -0.39 is 0 Å². The number of amides is 1. The van der Waals surface area contributed by atoms with Gasteiger partial charge in [-0.15, -0.1) is 0 Å². The molecule has 4 heterocycles. The minimum Gasteiger partial charge on any atom is -0.490 e. The first-order valence-electron chi connectivity index (χ1n) is 12.6. The molecule has 0 saturated carbocycles. The molecule has 184 valence electrons. The Morgan fingerprint density at radius 2 is 1.91 bits per heavy atom. The molecule has 0 unspecified atom stereocenters. The average molecular weight is 482 g/mol. The second-order valence-corrected chi connectivity index (χ2v) is 9.85. The Bertz CT molecular complexity index is 1270. The summed E-state index contributed by atoms with van der Waals surface area (Å²) in [5.74, 6) is 0.147. The van der Waals surface area contributed by atoms with Gasteiger partial charge < -0.3 is 19.1 Å². The summed E-state index contributed by atoms with van der Waals surface area (Å²) in [4.78, 5) is 16.3. The topological polar surface area (TPSA) is 58.8 Å². The van der Waals surface area contributed by atoms with Crippen molar-refractivity contribution < 1.29 is 22.8 Å². The van der Waals surface area contributed by atoms with Crippen LogP contribution in [0.3, 0.4) is 0 Å². The van der Waals surface area contributed by atoms with Crippen LogP contribution in [0.2, 0.25) is 0 Å². The van der Waals surface area contributed by atoms with E-state index >= 15 is 4.39 Å². The fourth-order valence-electron chi connectivity index (χ4n) is 5.83. The highest BCUT2D eigenvalue weighted by atomic mass is 19.1. The third kappa shape index (κ3) is 4.18. The molecule has 3 aromatic rings. The lowest BCUT2D eigenvalue weighted by molar-refractivity contribution is -0.118. The molecule has 0 atom stereocenters. The van der Waals surface area contributed by atoms with Gasteiger partial charge in [0, 0.05) is 35.9 Å². The summed E-state index contributed by atoms with van der Waals surface area (Å²) in [6.07, 6.45) is 5.43. The molecule has 8 heteroatoms. The van der Waals surface area contributed by atoms with Gasteiger partial charge in [-0.25, -0.2) is 8.78 Å². The quantitative estimate of drug-likeness (QED) is 0.446. The Balaban J connectivity index is 0.972. The molecule has 0 aliphatic carbocycles. The van der Waals surface area contributed by atoms with Crippen molar-refractivity contribution in [2.45, 2.75) is 50.9 Å². The van der Waals surface area contributed by atoms with Crippen LogP contribution >= 0.6 is 0 Å². The normalized spacial score (nSPS) is 18.5. The van der Waals surface area contributed by atoms with Crippen molar-refractivity contribution in [3.05, 3.63) is 52.7 Å². The highest BCUT2D eigenvalue weighted by Gasteiger charge is 2.34. The average Bonchev–Trinajstić information content (AvgIpc) is 3.48. The third-order valence-electron chi connectivity index (χ3n) is 7.70. The summed E-state index contributed by atoms with van der Waals surface area (Å²) in [6, 6.07) is 6.40. The molecular weight excluding hydrogens is 452 g/mol. The molecule has 3 aliphatic rings. The number of ether oxygens (including phenoxy) is 1. The summed E-state index contributed by atoms with van der Waals surface area (Å²) < 4.78 is 39.6. The predicted molar refractivity (Wildman–Crippen MR) is 128 cm³/mol. The van der Waals surface area contributed by atoms with Crippen LogP contribution in [0.15, 0.2) is 28.8 Å². The van der Waals surface area contributed by atoms with Crippen molar-refractivity contribution in [2.24, 2.45) is 0 Å². The fourth-order valence-corrected chi connectivity index (χ4v) is 5.83. The van der Waals surface area contributed by atoms with Gasteiger partial charge >= 0.3 is 0 Å². The number of likely N-dealkylation sites (tertiary alicyclic amines) is 1. The van der Waals surface area contributed by atoms with Crippen molar-refractivity contribution in [2.75, 3.05) is 37.7 Å². The van der Waals surface area contributed by atoms with Gasteiger partial charge in [0.1, 0.15) is 5.82 Å². The number of fused-ring (bicyclic) bond motifs is 1. The van der Waals surface area contributed by atoms with E-state index in [0.29, 0.717) is 48.8 Å². The summed E-state index contributed by atoms with van der Waals surface area (Å²) in [5, 5.41) is 5.14. The molecule has 3 aliphatic heterocycles. The molecule has 1 fully saturated rings. The molecule has 6 nitrogen and oxygen atoms in total. The Labute approximate surface area is 202 Å². The Kier molecular flexibility index (Phi) is 5.92. The monoisotopic (exact) mass is 481 g/mol. The number of aromatic nitrogens is 1. The van der Waals surface area contributed by atoms with Crippen LogP contribution in [-0.4, -0.2) is 48.7 Å². The Morgan fingerprint density at radius 1 is 1.06 bits per heavy atom. The SMILES string of the molecule is O=C1CCc2c(F)c(OCCCCN3CCC(c4noc5cc(F)ccc45)CC3)cc3c2N1CC3. The first kappa shape index (κ1) is 22.5. The largest absolute Gasteiger partial charge is 0.490 e. The van der Waals surface area contributed by atoms with Gasteiger partial charge in [0.05, 0.1) is 18.0 Å². The second kappa shape index (κ2) is 9.22. The van der Waals surface area contributed by atoms with Crippen LogP contribution < -0.4 is 9.64 Å². The van der Waals surface area contributed by atoms with Crippen LogP contribution in [0.25, 0.3) is 11.0 Å². The van der Waals surface area contributed by atoms with Gasteiger partial charge in [-0.05, 0) is 81.9 Å². The van der Waals surface area contributed by atoms with Gasteiger partial charge in [0.25, 0.3) is 0 Å². The van der Waals surface area contributed by atoms with Gasteiger partial charge in [0.2, 0.25) is 5.91 Å². The van der Waals surface area contributed by atoms with E-state index in [2.05, 4.69) is 10.1 Å². The number of nitrogens with zero attached hydrogens (tertiary/aromatic N) is 3. The highest BCUT2D eigenvalue weighted by molar-refractivity contribution is 5.99. The molecule has 1 amide bonds. The van der Waals surface area contributed by atoms with E-state index in [4.69, 9.17) is 9.26 Å². The maximum Gasteiger partial charge on any atom is 0.227 e. The number of hydrogen-bond acceptors (Lipinski definition) is 5. The number of halogens is 2. The number of hydrogen-bond donors (Lipinski definition) is 0. The zero-order chi connectivity index (χ0) is 23.9. The van der Waals surface area contributed by atoms with Crippen molar-refractivity contribution in [1.29, 1.82) is 0 Å². The van der Waals surface area contributed by atoms with Crippen LogP contribution in [0.1, 0.15) is 54.8 Å². The number of piperidine rings is 1. The van der Waals surface area contributed by atoms with Gasteiger partial charge in [0.15, 0.2) is 17.1 Å². The van der Waals surface area contributed by atoms with Crippen LogP contribution in [0.4, 0.5) is 14.5 Å². The predicted octanol–water partition coefficient (Wildman–Crippen LogP) is 4.98. The lowest BCUT2D eigenvalue weighted by Crippen LogP contribution is -2.34. The molecule has 1 aromatic heterocycles. The Hall–Kier alpha value is -3.00. The lowest BCUT2D eigenvalue weighted by atomic mass is 9.91. The second-order valence-electron chi connectivity index (χ2n) is 9.85. The fraction of sp³-hybridized carbons (Fsp3) is 0.481. The summed E-state index contributed by atoms with van der Waals surface area (Å²) >= 11 is 0. The van der Waals surface area contributed by atoms with Crippen molar-refractivity contribution in [3.8, 4) is 5.75 Å². The zero-order valence-electron chi connectivity index (χ0n) is 19.7. The van der Waals surface area contributed by atoms with Gasteiger partial charge in [-0.2, -0.15) is 0 Å². The first-order chi connectivity index (χ1) is 17.1. The van der Waals surface area contributed by atoms with Crippen molar-refractivity contribution in [1.82, 2.24) is 10.1 Å². The van der Waals surface area contributed by atoms with E-state index in [9.17, 15) is 9.18 Å². The smallest absolute Gasteiger partial charge is 0.227 e. The third-order valence-corrected chi connectivity index (χ3v) is 7.70. The number of unbranched alkanes of at least 4 members (excludes halogenated alkanes) is 1.